The molecule has 2 rings (SSSR count). The lowest BCUT2D eigenvalue weighted by Crippen LogP contribution is -2.36. The highest BCUT2D eigenvalue weighted by atomic mass is 16.5. The van der Waals surface area contributed by atoms with Crippen molar-refractivity contribution in [2.45, 2.75) is 33.2 Å². The fourth-order valence-corrected chi connectivity index (χ4v) is 2.80. The van der Waals surface area contributed by atoms with Crippen molar-refractivity contribution in [2.24, 2.45) is 5.92 Å². The Bertz CT molecular complexity index is 495. The van der Waals surface area contributed by atoms with Crippen molar-refractivity contribution in [1.82, 2.24) is 4.90 Å². The van der Waals surface area contributed by atoms with E-state index in [0.717, 1.165) is 31.5 Å². The van der Waals surface area contributed by atoms with Gasteiger partial charge in [0, 0.05) is 12.1 Å². The standard InChI is InChI=1S/C17H25NO4/c1-3-21-15-7-5-6-14(16(15)19)12-18-10-8-13(9-11-18)17(20)22-4-2/h5-7,13,19H,3-4,8-12H2,1-2H3. The van der Waals surface area contributed by atoms with Crippen molar-refractivity contribution in [3.05, 3.63) is 23.8 Å². The number of rotatable bonds is 6. The van der Waals surface area contributed by atoms with E-state index in [0.29, 0.717) is 25.5 Å². The Hall–Kier alpha value is -1.75. The van der Waals surface area contributed by atoms with Gasteiger partial charge in [0.1, 0.15) is 0 Å². The van der Waals surface area contributed by atoms with Crippen LogP contribution in [0.25, 0.3) is 0 Å². The first kappa shape index (κ1) is 16.6. The predicted molar refractivity (Wildman–Crippen MR) is 83.9 cm³/mol. The van der Waals surface area contributed by atoms with Gasteiger partial charge in [-0.15, -0.1) is 0 Å². The van der Waals surface area contributed by atoms with Gasteiger partial charge in [-0.2, -0.15) is 0 Å². The summed E-state index contributed by atoms with van der Waals surface area (Å²) in [5.74, 6) is 0.682. The van der Waals surface area contributed by atoms with Crippen molar-refractivity contribution in [1.29, 1.82) is 0 Å². The van der Waals surface area contributed by atoms with Gasteiger partial charge < -0.3 is 14.6 Å². The smallest absolute Gasteiger partial charge is 0.309 e. The largest absolute Gasteiger partial charge is 0.504 e. The molecule has 0 atom stereocenters. The minimum Gasteiger partial charge on any atom is -0.504 e. The second kappa shape index (κ2) is 8.03. The van der Waals surface area contributed by atoms with Gasteiger partial charge in [0.2, 0.25) is 0 Å². The number of piperidine rings is 1. The Morgan fingerprint density at radius 3 is 2.64 bits per heavy atom. The number of esters is 1. The number of hydrogen-bond donors (Lipinski definition) is 1. The molecule has 0 amide bonds. The zero-order valence-electron chi connectivity index (χ0n) is 13.4. The third kappa shape index (κ3) is 4.13. The van der Waals surface area contributed by atoms with Crippen LogP contribution < -0.4 is 4.74 Å². The molecule has 0 radical (unpaired) electrons. The highest BCUT2D eigenvalue weighted by Crippen LogP contribution is 2.31. The van der Waals surface area contributed by atoms with Crippen LogP contribution in [0, 0.1) is 5.92 Å². The van der Waals surface area contributed by atoms with Crippen LogP contribution in [0.5, 0.6) is 11.5 Å². The maximum atomic E-state index is 11.7. The molecule has 1 heterocycles. The molecule has 0 aliphatic carbocycles. The Kier molecular flexibility index (Phi) is 6.07. The summed E-state index contributed by atoms with van der Waals surface area (Å²) < 4.78 is 10.5. The molecule has 1 aromatic carbocycles. The summed E-state index contributed by atoms with van der Waals surface area (Å²) in [6.45, 7) is 7.04. The third-order valence-corrected chi connectivity index (χ3v) is 3.98. The van der Waals surface area contributed by atoms with Gasteiger partial charge in [-0.1, -0.05) is 12.1 Å². The number of benzene rings is 1. The summed E-state index contributed by atoms with van der Waals surface area (Å²) >= 11 is 0. The zero-order chi connectivity index (χ0) is 15.9. The van der Waals surface area contributed by atoms with Crippen LogP contribution in [-0.4, -0.2) is 42.3 Å². The molecule has 0 unspecified atom stereocenters. The summed E-state index contributed by atoms with van der Waals surface area (Å²) in [6.07, 6.45) is 1.62. The number of hydrogen-bond acceptors (Lipinski definition) is 5. The molecular formula is C17H25NO4. The fourth-order valence-electron chi connectivity index (χ4n) is 2.80. The monoisotopic (exact) mass is 307 g/mol. The first-order valence-corrected chi connectivity index (χ1v) is 7.98. The van der Waals surface area contributed by atoms with Gasteiger partial charge in [0.15, 0.2) is 11.5 Å². The highest BCUT2D eigenvalue weighted by molar-refractivity contribution is 5.72. The maximum Gasteiger partial charge on any atom is 0.309 e. The molecule has 0 aromatic heterocycles. The van der Waals surface area contributed by atoms with Crippen LogP contribution in [0.2, 0.25) is 0 Å². The lowest BCUT2D eigenvalue weighted by atomic mass is 9.96. The maximum absolute atomic E-state index is 11.7. The van der Waals surface area contributed by atoms with Gasteiger partial charge in [0.05, 0.1) is 19.1 Å². The van der Waals surface area contributed by atoms with Crippen LogP contribution in [-0.2, 0) is 16.1 Å². The molecule has 1 fully saturated rings. The van der Waals surface area contributed by atoms with E-state index >= 15 is 0 Å². The summed E-state index contributed by atoms with van der Waals surface area (Å²) in [5, 5.41) is 10.2. The summed E-state index contributed by atoms with van der Waals surface area (Å²) in [6, 6.07) is 5.58. The SMILES string of the molecule is CCOC(=O)C1CCN(Cc2cccc(OCC)c2O)CC1. The summed E-state index contributed by atoms with van der Waals surface area (Å²) in [7, 11) is 0. The Morgan fingerprint density at radius 2 is 2.00 bits per heavy atom. The van der Waals surface area contributed by atoms with Crippen molar-refractivity contribution in [3.63, 3.8) is 0 Å². The third-order valence-electron chi connectivity index (χ3n) is 3.98. The molecule has 1 aliphatic heterocycles. The van der Waals surface area contributed by atoms with Crippen LogP contribution >= 0.6 is 0 Å². The molecule has 122 valence electrons. The average molecular weight is 307 g/mol. The first-order chi connectivity index (χ1) is 10.7. The van der Waals surface area contributed by atoms with Gasteiger partial charge in [0.25, 0.3) is 0 Å². The van der Waals surface area contributed by atoms with E-state index in [1.54, 1.807) is 6.07 Å². The summed E-state index contributed by atoms with van der Waals surface area (Å²) in [5.41, 5.74) is 0.862. The number of phenolic OH excluding ortho intramolecular Hbond substituents is 1. The van der Waals surface area contributed by atoms with Crippen molar-refractivity contribution in [3.8, 4) is 11.5 Å². The van der Waals surface area contributed by atoms with Crippen molar-refractivity contribution >= 4 is 5.97 Å². The van der Waals surface area contributed by atoms with E-state index in [1.807, 2.05) is 26.0 Å². The number of phenols is 1. The van der Waals surface area contributed by atoms with Crippen molar-refractivity contribution < 1.29 is 19.4 Å². The minimum absolute atomic E-state index is 0.0135. The van der Waals surface area contributed by atoms with Crippen LogP contribution in [0.15, 0.2) is 18.2 Å². The molecule has 22 heavy (non-hydrogen) atoms. The van der Waals surface area contributed by atoms with E-state index in [-0.39, 0.29) is 17.6 Å². The lowest BCUT2D eigenvalue weighted by Gasteiger charge is -2.31. The Balaban J connectivity index is 1.91. The van der Waals surface area contributed by atoms with E-state index < -0.39 is 0 Å². The Morgan fingerprint density at radius 1 is 1.27 bits per heavy atom. The highest BCUT2D eigenvalue weighted by Gasteiger charge is 2.26. The number of nitrogens with zero attached hydrogens (tertiary/aromatic N) is 1. The number of ether oxygens (including phenoxy) is 2. The molecule has 0 bridgehead atoms. The second-order valence-corrected chi connectivity index (χ2v) is 5.50. The minimum atomic E-state index is -0.0802. The van der Waals surface area contributed by atoms with E-state index in [9.17, 15) is 9.90 Å². The van der Waals surface area contributed by atoms with Crippen molar-refractivity contribution in [2.75, 3.05) is 26.3 Å². The number of carbonyl (C=O) groups excluding carboxylic acids is 1. The topological polar surface area (TPSA) is 59.0 Å². The summed E-state index contributed by atoms with van der Waals surface area (Å²) in [4.78, 5) is 14.0. The molecule has 0 spiro atoms. The van der Waals surface area contributed by atoms with E-state index in [4.69, 9.17) is 9.47 Å². The molecule has 5 heteroatoms. The molecule has 1 aliphatic rings. The van der Waals surface area contributed by atoms with Crippen LogP contribution in [0.1, 0.15) is 32.3 Å². The predicted octanol–water partition coefficient (Wildman–Crippen LogP) is 2.57. The molecule has 5 nitrogen and oxygen atoms in total. The number of carbonyl (C=O) groups is 1. The number of likely N-dealkylation sites (tertiary alicyclic amines) is 1. The Labute approximate surface area is 131 Å². The van der Waals surface area contributed by atoms with E-state index in [2.05, 4.69) is 4.90 Å². The lowest BCUT2D eigenvalue weighted by molar-refractivity contribution is -0.149. The number of para-hydroxylation sites is 1. The van der Waals surface area contributed by atoms with Gasteiger partial charge >= 0.3 is 5.97 Å². The molecular weight excluding hydrogens is 282 g/mol. The van der Waals surface area contributed by atoms with Gasteiger partial charge in [-0.3, -0.25) is 9.69 Å². The quantitative estimate of drug-likeness (QED) is 0.819. The van der Waals surface area contributed by atoms with E-state index in [1.165, 1.54) is 0 Å². The molecule has 1 aromatic rings. The van der Waals surface area contributed by atoms with Gasteiger partial charge in [-0.05, 0) is 45.8 Å². The van der Waals surface area contributed by atoms with Crippen LogP contribution in [0.3, 0.4) is 0 Å². The van der Waals surface area contributed by atoms with Crippen LogP contribution in [0.4, 0.5) is 0 Å². The normalized spacial score (nSPS) is 16.5. The zero-order valence-corrected chi connectivity index (χ0v) is 13.4. The average Bonchev–Trinajstić information content (AvgIpc) is 2.52. The molecule has 1 saturated heterocycles. The fraction of sp³-hybridized carbons (Fsp3) is 0.588. The molecule has 1 N–H and O–H groups in total. The molecule has 0 saturated carbocycles. The number of aromatic hydroxyl groups is 1. The van der Waals surface area contributed by atoms with Gasteiger partial charge in [-0.25, -0.2) is 0 Å². The second-order valence-electron chi connectivity index (χ2n) is 5.50. The first-order valence-electron chi connectivity index (χ1n) is 7.98.